The maximum Gasteiger partial charge on any atom is 0.306 e. The number of allylic oxidation sites excluding steroid dienone is 2. The van der Waals surface area contributed by atoms with Gasteiger partial charge in [0.1, 0.15) is 36.8 Å². The van der Waals surface area contributed by atoms with E-state index in [1.54, 1.807) is 0 Å². The molecule has 0 spiro atoms. The molecule has 0 bridgehead atoms. The van der Waals surface area contributed by atoms with Gasteiger partial charge in [0.2, 0.25) is 0 Å². The number of carbonyl (C=O) groups is 2. The Labute approximate surface area is 403 Å². The second-order valence-corrected chi connectivity index (χ2v) is 20.8. The maximum absolute atomic E-state index is 12.9. The highest BCUT2D eigenvalue weighted by Gasteiger charge is 2.46. The van der Waals surface area contributed by atoms with E-state index >= 15 is 0 Å². The normalized spacial score (nSPS) is 19.4. The summed E-state index contributed by atoms with van der Waals surface area (Å²) < 4.78 is 54.3. The number of ether oxygens (including phenoxy) is 4. The molecule has 4 N–H and O–H groups in total. The molecule has 0 amide bonds. The van der Waals surface area contributed by atoms with Crippen molar-refractivity contribution >= 4 is 22.1 Å². The second kappa shape index (κ2) is 43.4. The monoisotopic (exact) mass is 961 g/mol. The molecule has 13 heteroatoms. The fourth-order valence-corrected chi connectivity index (χ4v) is 9.31. The van der Waals surface area contributed by atoms with Gasteiger partial charge in [-0.2, -0.15) is 8.42 Å². The minimum absolute atomic E-state index is 0.167. The SMILES string of the molecule is CCCCCCCC/C=C/CCCCCCCCCCCC(=O)O[C@H](COC(=O)CCCCCCCCCCCCCCCCCCCCC)CO[C@H]1O[C@H](CS(=O)(=O)O)[C@@H](O)C(O)C1O. The Kier molecular flexibility index (Phi) is 41.0. The first-order chi connectivity index (χ1) is 32.0. The van der Waals surface area contributed by atoms with E-state index in [1.807, 2.05) is 0 Å². The number of unbranched alkanes of at least 4 members (excludes halogenated alkanes) is 33. The molecule has 390 valence electrons. The summed E-state index contributed by atoms with van der Waals surface area (Å²) in [6.45, 7) is 3.81. The first-order valence-electron chi connectivity index (χ1n) is 27.2. The Morgan fingerprint density at radius 1 is 0.500 bits per heavy atom. The summed E-state index contributed by atoms with van der Waals surface area (Å²) >= 11 is 0. The van der Waals surface area contributed by atoms with Crippen molar-refractivity contribution in [1.82, 2.24) is 0 Å². The number of aliphatic hydroxyl groups excluding tert-OH is 3. The molecular formula is C53H100O12S. The summed E-state index contributed by atoms with van der Waals surface area (Å²) in [5.41, 5.74) is 0. The molecule has 0 aromatic carbocycles. The molecule has 0 radical (unpaired) electrons. The molecule has 66 heavy (non-hydrogen) atoms. The van der Waals surface area contributed by atoms with Crippen LogP contribution in [0.3, 0.4) is 0 Å². The Morgan fingerprint density at radius 2 is 0.864 bits per heavy atom. The van der Waals surface area contributed by atoms with Crippen LogP contribution < -0.4 is 0 Å². The predicted molar refractivity (Wildman–Crippen MR) is 266 cm³/mol. The van der Waals surface area contributed by atoms with Gasteiger partial charge >= 0.3 is 11.9 Å². The van der Waals surface area contributed by atoms with Crippen molar-refractivity contribution < 1.29 is 56.8 Å². The summed E-state index contributed by atoms with van der Waals surface area (Å²) in [5.74, 6) is -1.96. The second-order valence-electron chi connectivity index (χ2n) is 19.3. The molecule has 12 nitrogen and oxygen atoms in total. The predicted octanol–water partition coefficient (Wildman–Crippen LogP) is 12.6. The first kappa shape index (κ1) is 62.4. The van der Waals surface area contributed by atoms with E-state index in [9.17, 15) is 37.9 Å². The van der Waals surface area contributed by atoms with Gasteiger partial charge in [-0.1, -0.05) is 219 Å². The van der Waals surface area contributed by atoms with Crippen LogP contribution in [0.1, 0.15) is 258 Å². The highest BCUT2D eigenvalue weighted by molar-refractivity contribution is 7.85. The van der Waals surface area contributed by atoms with Crippen molar-refractivity contribution in [3.05, 3.63) is 12.2 Å². The van der Waals surface area contributed by atoms with Crippen LogP contribution in [0.15, 0.2) is 12.2 Å². The first-order valence-corrected chi connectivity index (χ1v) is 28.9. The summed E-state index contributed by atoms with van der Waals surface area (Å²) in [4.78, 5) is 25.6. The van der Waals surface area contributed by atoms with Crippen molar-refractivity contribution in [3.8, 4) is 0 Å². The number of carbonyl (C=O) groups excluding carboxylic acids is 2. The highest BCUT2D eigenvalue weighted by Crippen LogP contribution is 2.24. The smallest absolute Gasteiger partial charge is 0.306 e. The highest BCUT2D eigenvalue weighted by atomic mass is 32.2. The van der Waals surface area contributed by atoms with Crippen molar-refractivity contribution in [2.45, 2.75) is 295 Å². The average molecular weight is 961 g/mol. The number of esters is 2. The molecule has 1 saturated heterocycles. The molecular weight excluding hydrogens is 861 g/mol. The summed E-state index contributed by atoms with van der Waals surface area (Å²) in [7, 11) is -4.60. The molecule has 0 aliphatic carbocycles. The molecule has 1 rings (SSSR count). The fourth-order valence-electron chi connectivity index (χ4n) is 8.62. The van der Waals surface area contributed by atoms with Gasteiger partial charge in [0.15, 0.2) is 12.4 Å². The van der Waals surface area contributed by atoms with Crippen LogP contribution in [0.5, 0.6) is 0 Å². The van der Waals surface area contributed by atoms with Crippen LogP contribution in [0.25, 0.3) is 0 Å². The summed E-state index contributed by atoms with van der Waals surface area (Å²) in [6, 6.07) is 0. The van der Waals surface area contributed by atoms with Gasteiger partial charge in [0.05, 0.1) is 6.61 Å². The number of hydrogen-bond acceptors (Lipinski definition) is 11. The van der Waals surface area contributed by atoms with Gasteiger partial charge in [-0.05, 0) is 38.5 Å². The molecule has 0 saturated carbocycles. The quantitative estimate of drug-likeness (QED) is 0.0196. The van der Waals surface area contributed by atoms with Gasteiger partial charge in [-0.25, -0.2) is 0 Å². The molecule has 1 aliphatic heterocycles. The number of aliphatic hydroxyl groups is 3. The lowest BCUT2D eigenvalue weighted by Gasteiger charge is -2.40. The Bertz CT molecular complexity index is 1260. The minimum atomic E-state index is -4.60. The molecule has 1 heterocycles. The van der Waals surface area contributed by atoms with Crippen LogP contribution in [0.4, 0.5) is 0 Å². The van der Waals surface area contributed by atoms with Crippen LogP contribution in [-0.4, -0.2) is 96.0 Å². The topological polar surface area (TPSA) is 186 Å². The molecule has 1 aliphatic rings. The van der Waals surface area contributed by atoms with Gasteiger partial charge in [-0.3, -0.25) is 14.1 Å². The number of rotatable bonds is 47. The Balaban J connectivity index is 2.33. The third-order valence-electron chi connectivity index (χ3n) is 12.8. The van der Waals surface area contributed by atoms with Crippen molar-refractivity contribution in [2.75, 3.05) is 19.0 Å². The average Bonchev–Trinajstić information content (AvgIpc) is 3.28. The van der Waals surface area contributed by atoms with E-state index in [0.717, 1.165) is 38.5 Å². The fraction of sp³-hybridized carbons (Fsp3) is 0.925. The number of hydrogen-bond donors (Lipinski definition) is 4. The van der Waals surface area contributed by atoms with E-state index in [-0.39, 0.29) is 19.4 Å². The third kappa shape index (κ3) is 37.3. The molecule has 0 aromatic rings. The van der Waals surface area contributed by atoms with Gasteiger partial charge in [0, 0.05) is 12.8 Å². The lowest BCUT2D eigenvalue weighted by atomic mass is 10.00. The minimum Gasteiger partial charge on any atom is -0.462 e. The van der Waals surface area contributed by atoms with Crippen LogP contribution >= 0.6 is 0 Å². The van der Waals surface area contributed by atoms with Crippen LogP contribution in [0, 0.1) is 0 Å². The van der Waals surface area contributed by atoms with Crippen molar-refractivity contribution in [1.29, 1.82) is 0 Å². The standard InChI is InChI=1S/C53H100O12S/c1-3-5-7-9-11-13-15-17-19-21-23-25-27-29-31-33-35-37-39-41-48(54)62-43-46(44-63-53-52(58)51(57)50(56)47(65-53)45-66(59,60)61)64-49(55)42-40-38-36-34-32-30-28-26-24-22-20-18-16-14-12-10-8-6-4-2/h18,20,46-47,50-53,56-58H,3-17,19,21-45H2,1-2H3,(H,59,60,61)/b20-18+/t46-,47-,50-,51?,52?,53+/m1/s1. The van der Waals surface area contributed by atoms with E-state index in [4.69, 9.17) is 18.9 Å². The Morgan fingerprint density at radius 3 is 1.26 bits per heavy atom. The van der Waals surface area contributed by atoms with Crippen molar-refractivity contribution in [3.63, 3.8) is 0 Å². The zero-order valence-electron chi connectivity index (χ0n) is 42.1. The van der Waals surface area contributed by atoms with Crippen molar-refractivity contribution in [2.24, 2.45) is 0 Å². The third-order valence-corrected chi connectivity index (χ3v) is 13.6. The summed E-state index contributed by atoms with van der Waals surface area (Å²) in [6.07, 6.45) is 39.6. The molecule has 1 fully saturated rings. The largest absolute Gasteiger partial charge is 0.462 e. The molecule has 2 unspecified atom stereocenters. The zero-order chi connectivity index (χ0) is 48.4. The Hall–Kier alpha value is -1.61. The molecule has 6 atom stereocenters. The van der Waals surface area contributed by atoms with E-state index < -0.39 is 71.2 Å². The van der Waals surface area contributed by atoms with Gasteiger partial charge in [-0.15, -0.1) is 0 Å². The van der Waals surface area contributed by atoms with E-state index in [1.165, 1.54) is 180 Å². The van der Waals surface area contributed by atoms with E-state index in [0.29, 0.717) is 12.8 Å². The maximum atomic E-state index is 12.9. The van der Waals surface area contributed by atoms with E-state index in [2.05, 4.69) is 26.0 Å². The van der Waals surface area contributed by atoms with Gasteiger partial charge < -0.3 is 34.3 Å². The lowest BCUT2D eigenvalue weighted by molar-refractivity contribution is -0.297. The summed E-state index contributed by atoms with van der Waals surface area (Å²) in [5, 5.41) is 31.0. The van der Waals surface area contributed by atoms with Gasteiger partial charge in [0.25, 0.3) is 10.1 Å². The lowest BCUT2D eigenvalue weighted by Crippen LogP contribution is -2.60. The zero-order valence-corrected chi connectivity index (χ0v) is 42.9. The van der Waals surface area contributed by atoms with Crippen LogP contribution in [0.2, 0.25) is 0 Å². The molecule has 0 aromatic heterocycles. The van der Waals surface area contributed by atoms with Crippen LogP contribution in [-0.2, 0) is 38.7 Å².